The van der Waals surface area contributed by atoms with Gasteiger partial charge in [-0.3, -0.25) is 14.3 Å². The molecule has 0 bridgehead atoms. The lowest BCUT2D eigenvalue weighted by molar-refractivity contribution is -0.178. The Bertz CT molecular complexity index is 1930. The number of hydrogen-bond acceptors (Lipinski definition) is 8. The van der Waals surface area contributed by atoms with Crippen molar-refractivity contribution in [2.45, 2.75) is 149 Å². The highest BCUT2D eigenvalue weighted by Crippen LogP contribution is 2.38. The molecule has 3 aromatic rings. The third kappa shape index (κ3) is 16.6. The third-order valence-corrected chi connectivity index (χ3v) is 15.8. The highest BCUT2D eigenvalue weighted by atomic mass is 32.2. The number of ether oxygens (including phenoxy) is 2. The Morgan fingerprint density at radius 2 is 1.34 bits per heavy atom. The van der Waals surface area contributed by atoms with E-state index in [4.69, 9.17) is 13.9 Å². The van der Waals surface area contributed by atoms with Gasteiger partial charge in [0.25, 0.3) is 5.91 Å². The standard InChI is InChI=1S/C46H70N2O8SSi/c1-34-24-25-36(32-35(34)2)20-15-13-19-31-54-41(42(44(51)55-45(3,4)5)56-58(10,11)46(6,7)8)43(50)48(30-28-40(49)47-57(9,52)53)29-18-12-14-21-37-26-27-38-22-16-17-23-39(38)33-37/h16-17,22-27,32-33,41-42H,12-15,18-21,28-31H2,1-11H3,(H,47,49)/t41-,42-/m1/s1. The first-order valence-electron chi connectivity index (χ1n) is 20.8. The van der Waals surface area contributed by atoms with E-state index < -0.39 is 53.9 Å². The van der Waals surface area contributed by atoms with Crippen molar-refractivity contribution in [3.8, 4) is 0 Å². The maximum Gasteiger partial charge on any atom is 0.337 e. The monoisotopic (exact) mass is 838 g/mol. The van der Waals surface area contributed by atoms with E-state index in [1.165, 1.54) is 37.9 Å². The van der Waals surface area contributed by atoms with E-state index in [9.17, 15) is 22.8 Å². The van der Waals surface area contributed by atoms with Crippen molar-refractivity contribution in [2.24, 2.45) is 0 Å². The number of sulfonamides is 1. The highest BCUT2D eigenvalue weighted by Gasteiger charge is 2.47. The van der Waals surface area contributed by atoms with Crippen molar-refractivity contribution in [1.82, 2.24) is 9.62 Å². The van der Waals surface area contributed by atoms with Crippen LogP contribution in [0.2, 0.25) is 18.1 Å². The van der Waals surface area contributed by atoms with Gasteiger partial charge in [0.05, 0.1) is 6.26 Å². The van der Waals surface area contributed by atoms with Crippen LogP contribution >= 0.6 is 0 Å². The molecule has 0 aliphatic rings. The van der Waals surface area contributed by atoms with Crippen molar-refractivity contribution in [2.75, 3.05) is 26.0 Å². The molecule has 2 amide bonds. The van der Waals surface area contributed by atoms with Gasteiger partial charge in [-0.2, -0.15) is 0 Å². The predicted octanol–water partition coefficient (Wildman–Crippen LogP) is 8.99. The van der Waals surface area contributed by atoms with Crippen molar-refractivity contribution >= 4 is 46.9 Å². The van der Waals surface area contributed by atoms with Gasteiger partial charge in [0.1, 0.15) is 5.60 Å². The van der Waals surface area contributed by atoms with Gasteiger partial charge in [0, 0.05) is 26.1 Å². The molecule has 3 rings (SSSR count). The van der Waals surface area contributed by atoms with Gasteiger partial charge in [-0.25, -0.2) is 13.2 Å². The normalized spacial score (nSPS) is 13.6. The molecular formula is C46H70N2O8SSi. The number of carbonyl (C=O) groups is 3. The molecular weight excluding hydrogens is 769 g/mol. The van der Waals surface area contributed by atoms with Crippen molar-refractivity contribution in [3.63, 3.8) is 0 Å². The molecule has 12 heteroatoms. The Balaban J connectivity index is 1.86. The fourth-order valence-electron chi connectivity index (χ4n) is 6.36. The van der Waals surface area contributed by atoms with E-state index in [1.807, 2.05) is 29.9 Å². The number of nitrogens with zero attached hydrogens (tertiary/aromatic N) is 1. The van der Waals surface area contributed by atoms with E-state index in [0.717, 1.165) is 44.8 Å². The third-order valence-electron chi connectivity index (χ3n) is 10.8. The van der Waals surface area contributed by atoms with E-state index in [1.54, 1.807) is 20.8 Å². The molecule has 0 spiro atoms. The Morgan fingerprint density at radius 3 is 1.95 bits per heavy atom. The van der Waals surface area contributed by atoms with Crippen LogP contribution in [0.1, 0.15) is 109 Å². The molecule has 322 valence electrons. The van der Waals surface area contributed by atoms with Crippen LogP contribution in [0.3, 0.4) is 0 Å². The zero-order valence-electron chi connectivity index (χ0n) is 37.0. The van der Waals surface area contributed by atoms with Crippen molar-refractivity contribution in [3.05, 3.63) is 82.9 Å². The molecule has 10 nitrogen and oxygen atoms in total. The molecule has 58 heavy (non-hydrogen) atoms. The lowest BCUT2D eigenvalue weighted by Gasteiger charge is -2.41. The van der Waals surface area contributed by atoms with Gasteiger partial charge >= 0.3 is 5.97 Å². The van der Waals surface area contributed by atoms with Gasteiger partial charge in [-0.15, -0.1) is 0 Å². The molecule has 0 aliphatic carbocycles. The first-order valence-corrected chi connectivity index (χ1v) is 25.6. The number of hydrogen-bond donors (Lipinski definition) is 1. The number of aryl methyl sites for hydroxylation is 4. The van der Waals surface area contributed by atoms with Gasteiger partial charge < -0.3 is 18.8 Å². The molecule has 2 atom stereocenters. The molecule has 0 heterocycles. The van der Waals surface area contributed by atoms with Crippen LogP contribution in [-0.2, 0) is 51.1 Å². The fraction of sp³-hybridized carbons (Fsp3) is 0.587. The number of rotatable bonds is 22. The van der Waals surface area contributed by atoms with Crippen LogP contribution in [0.4, 0.5) is 0 Å². The summed E-state index contributed by atoms with van der Waals surface area (Å²) in [6, 6.07) is 21.3. The van der Waals surface area contributed by atoms with Crippen LogP contribution in [0.25, 0.3) is 10.8 Å². The van der Waals surface area contributed by atoms with Crippen LogP contribution in [0.15, 0.2) is 60.7 Å². The lowest BCUT2D eigenvalue weighted by Crippen LogP contribution is -2.57. The second kappa shape index (κ2) is 21.6. The molecule has 0 radical (unpaired) electrons. The fourth-order valence-corrected chi connectivity index (χ4v) is 8.09. The number of amides is 2. The second-order valence-corrected chi connectivity index (χ2v) is 24.7. The summed E-state index contributed by atoms with van der Waals surface area (Å²) in [5.41, 5.74) is 4.17. The molecule has 1 N–H and O–H groups in total. The summed E-state index contributed by atoms with van der Waals surface area (Å²) in [7, 11) is -6.48. The highest BCUT2D eigenvalue weighted by molar-refractivity contribution is 7.89. The molecule has 0 fully saturated rings. The minimum Gasteiger partial charge on any atom is -0.458 e. The van der Waals surface area contributed by atoms with Crippen molar-refractivity contribution in [1.29, 1.82) is 0 Å². The molecule has 0 saturated heterocycles. The van der Waals surface area contributed by atoms with E-state index in [2.05, 4.69) is 83.1 Å². The van der Waals surface area contributed by atoms with Crippen LogP contribution in [-0.4, -0.2) is 83.2 Å². The molecule has 0 saturated carbocycles. The maximum absolute atomic E-state index is 14.8. The number of carbonyl (C=O) groups excluding carboxylic acids is 3. The number of nitrogens with one attached hydrogen (secondary N) is 1. The van der Waals surface area contributed by atoms with E-state index in [-0.39, 0.29) is 31.2 Å². The molecule has 0 aliphatic heterocycles. The Kier molecular flexibility index (Phi) is 18.2. The van der Waals surface area contributed by atoms with Crippen LogP contribution < -0.4 is 4.72 Å². The largest absolute Gasteiger partial charge is 0.458 e. The van der Waals surface area contributed by atoms with E-state index >= 15 is 0 Å². The van der Waals surface area contributed by atoms with Crippen LogP contribution in [0.5, 0.6) is 0 Å². The second-order valence-electron chi connectivity index (χ2n) is 18.2. The minimum absolute atomic E-state index is 0.0676. The molecule has 3 aromatic carbocycles. The summed E-state index contributed by atoms with van der Waals surface area (Å²) < 4.78 is 44.8. The molecule has 0 unspecified atom stereocenters. The average molecular weight is 839 g/mol. The Labute approximate surface area is 350 Å². The van der Waals surface area contributed by atoms with Crippen LogP contribution in [0, 0.1) is 13.8 Å². The first-order chi connectivity index (χ1) is 27.0. The van der Waals surface area contributed by atoms with Gasteiger partial charge in [0.15, 0.2) is 20.5 Å². The number of fused-ring (bicyclic) bond motifs is 1. The maximum atomic E-state index is 14.8. The quantitative estimate of drug-likeness (QED) is 0.0604. The average Bonchev–Trinajstić information content (AvgIpc) is 3.11. The molecule has 0 aromatic heterocycles. The summed E-state index contributed by atoms with van der Waals surface area (Å²) in [6.07, 6.45) is 4.48. The lowest BCUT2D eigenvalue weighted by atomic mass is 10.0. The first kappa shape index (κ1) is 48.8. The summed E-state index contributed by atoms with van der Waals surface area (Å²) in [4.78, 5) is 43.2. The van der Waals surface area contributed by atoms with Gasteiger partial charge in [-0.1, -0.05) is 94.3 Å². The predicted molar refractivity (Wildman–Crippen MR) is 237 cm³/mol. The number of benzene rings is 3. The summed E-state index contributed by atoms with van der Waals surface area (Å²) in [6.45, 7) is 20.2. The van der Waals surface area contributed by atoms with Crippen molar-refractivity contribution < 1.29 is 36.7 Å². The minimum atomic E-state index is -3.79. The van der Waals surface area contributed by atoms with E-state index in [0.29, 0.717) is 12.8 Å². The zero-order valence-corrected chi connectivity index (χ0v) is 38.9. The Morgan fingerprint density at radius 1 is 0.741 bits per heavy atom. The smallest absolute Gasteiger partial charge is 0.337 e. The zero-order chi connectivity index (χ0) is 43.3. The number of unbranched alkanes of at least 4 members (excludes halogenated alkanes) is 4. The summed E-state index contributed by atoms with van der Waals surface area (Å²) in [5, 5.41) is 2.08. The Hall–Kier alpha value is -3.58. The van der Waals surface area contributed by atoms with Gasteiger partial charge in [-0.05, 0) is 124 Å². The summed E-state index contributed by atoms with van der Waals surface area (Å²) >= 11 is 0. The number of esters is 1. The summed E-state index contributed by atoms with van der Waals surface area (Å²) in [5.74, 6) is -1.90. The topological polar surface area (TPSA) is 128 Å². The van der Waals surface area contributed by atoms with Gasteiger partial charge in [0.2, 0.25) is 15.9 Å². The SMILES string of the molecule is Cc1ccc(CCCCCO[C@@H](C(=O)N(CCCCCc2ccc3ccccc3c2)CCC(=O)NS(C)(=O)=O)[C@@H](O[Si](C)(C)C(C)(C)C)C(=O)OC(C)(C)C)cc1C.